The molecule has 0 aliphatic rings. The van der Waals surface area contributed by atoms with Crippen molar-refractivity contribution in [3.63, 3.8) is 0 Å². The number of aryl methyl sites for hydroxylation is 3. The molecule has 1 heterocycles. The van der Waals surface area contributed by atoms with E-state index in [4.69, 9.17) is 0 Å². The Hall–Kier alpha value is -1.77. The lowest BCUT2D eigenvalue weighted by molar-refractivity contribution is 0.715. The highest BCUT2D eigenvalue weighted by molar-refractivity contribution is 5.30. The fourth-order valence-corrected chi connectivity index (χ4v) is 1.79. The number of hydrogen-bond donors (Lipinski definition) is 0. The zero-order valence-electron chi connectivity index (χ0n) is 9.90. The summed E-state index contributed by atoms with van der Waals surface area (Å²) in [6.07, 6.45) is 3.61. The normalized spacial score (nSPS) is 10.7. The van der Waals surface area contributed by atoms with E-state index in [0.717, 1.165) is 0 Å². The molecule has 1 aromatic carbocycles. The highest BCUT2D eigenvalue weighted by atomic mass is 16.1. The first-order chi connectivity index (χ1) is 7.58. The molecule has 2 rings (SSSR count). The second-order valence-electron chi connectivity index (χ2n) is 4.25. The maximum atomic E-state index is 11.7. The van der Waals surface area contributed by atoms with Crippen LogP contribution in [0.4, 0.5) is 0 Å². The first-order valence-corrected chi connectivity index (χ1v) is 5.36. The average molecular weight is 216 g/mol. The Balaban J connectivity index is 2.37. The minimum Gasteiger partial charge on any atom is -0.302 e. The van der Waals surface area contributed by atoms with E-state index in [2.05, 4.69) is 32.0 Å². The van der Waals surface area contributed by atoms with Gasteiger partial charge < -0.3 is 4.57 Å². The third kappa shape index (κ3) is 1.94. The standard InChI is InChI=1S/C13H16N2O/c1-10-4-5-11(2)12(8-10)9-15-7-6-14(3)13(15)16/h4-8H,9H2,1-3H3. The maximum Gasteiger partial charge on any atom is 0.328 e. The van der Waals surface area contributed by atoms with Crippen molar-refractivity contribution >= 4 is 0 Å². The number of aromatic nitrogens is 2. The van der Waals surface area contributed by atoms with Gasteiger partial charge in [-0.05, 0) is 25.0 Å². The Kier molecular flexibility index (Phi) is 2.69. The summed E-state index contributed by atoms with van der Waals surface area (Å²) in [4.78, 5) is 11.7. The highest BCUT2D eigenvalue weighted by Gasteiger charge is 2.03. The summed E-state index contributed by atoms with van der Waals surface area (Å²) in [6.45, 7) is 4.78. The summed E-state index contributed by atoms with van der Waals surface area (Å²) < 4.78 is 3.31. The van der Waals surface area contributed by atoms with Crippen LogP contribution in [0.3, 0.4) is 0 Å². The van der Waals surface area contributed by atoms with E-state index in [9.17, 15) is 4.79 Å². The molecule has 0 aliphatic heterocycles. The van der Waals surface area contributed by atoms with E-state index in [1.807, 2.05) is 6.20 Å². The minimum absolute atomic E-state index is 0.0286. The Morgan fingerprint density at radius 2 is 1.94 bits per heavy atom. The van der Waals surface area contributed by atoms with Crippen molar-refractivity contribution in [1.29, 1.82) is 0 Å². The van der Waals surface area contributed by atoms with Gasteiger partial charge in [0.05, 0.1) is 6.54 Å². The van der Waals surface area contributed by atoms with E-state index in [0.29, 0.717) is 6.54 Å². The second-order valence-corrected chi connectivity index (χ2v) is 4.25. The van der Waals surface area contributed by atoms with Crippen LogP contribution in [0.5, 0.6) is 0 Å². The fourth-order valence-electron chi connectivity index (χ4n) is 1.79. The van der Waals surface area contributed by atoms with Crippen molar-refractivity contribution in [2.45, 2.75) is 20.4 Å². The van der Waals surface area contributed by atoms with Gasteiger partial charge in [0.15, 0.2) is 0 Å². The largest absolute Gasteiger partial charge is 0.328 e. The van der Waals surface area contributed by atoms with Crippen LogP contribution in [0.25, 0.3) is 0 Å². The summed E-state index contributed by atoms with van der Waals surface area (Å²) in [5.41, 5.74) is 3.68. The predicted octanol–water partition coefficient (Wildman–Crippen LogP) is 1.85. The van der Waals surface area contributed by atoms with E-state index in [1.54, 1.807) is 22.4 Å². The van der Waals surface area contributed by atoms with E-state index < -0.39 is 0 Å². The molecule has 0 unspecified atom stereocenters. The molecule has 0 N–H and O–H groups in total. The van der Waals surface area contributed by atoms with Crippen LogP contribution in [-0.2, 0) is 13.6 Å². The van der Waals surface area contributed by atoms with Crippen LogP contribution < -0.4 is 5.69 Å². The molecule has 16 heavy (non-hydrogen) atoms. The molecular formula is C13H16N2O. The number of imidazole rings is 1. The molecule has 2 aromatic rings. The Labute approximate surface area is 95.0 Å². The zero-order valence-corrected chi connectivity index (χ0v) is 9.90. The Bertz CT molecular complexity index is 564. The third-order valence-corrected chi connectivity index (χ3v) is 2.86. The summed E-state index contributed by atoms with van der Waals surface area (Å²) >= 11 is 0. The summed E-state index contributed by atoms with van der Waals surface area (Å²) in [5.74, 6) is 0. The van der Waals surface area contributed by atoms with Gasteiger partial charge >= 0.3 is 5.69 Å². The van der Waals surface area contributed by atoms with Crippen molar-refractivity contribution in [1.82, 2.24) is 9.13 Å². The van der Waals surface area contributed by atoms with Crippen LogP contribution >= 0.6 is 0 Å². The SMILES string of the molecule is Cc1ccc(C)c(Cn2ccn(C)c2=O)c1. The lowest BCUT2D eigenvalue weighted by Crippen LogP contribution is -2.22. The smallest absolute Gasteiger partial charge is 0.302 e. The second kappa shape index (κ2) is 4.00. The van der Waals surface area contributed by atoms with Gasteiger partial charge in [0.2, 0.25) is 0 Å². The molecular weight excluding hydrogens is 200 g/mol. The van der Waals surface area contributed by atoms with Crippen LogP contribution in [0.15, 0.2) is 35.4 Å². The molecule has 0 saturated carbocycles. The molecule has 3 nitrogen and oxygen atoms in total. The molecule has 0 amide bonds. The van der Waals surface area contributed by atoms with Gasteiger partial charge in [-0.25, -0.2) is 4.79 Å². The van der Waals surface area contributed by atoms with Gasteiger partial charge in [0.1, 0.15) is 0 Å². The topological polar surface area (TPSA) is 26.9 Å². The lowest BCUT2D eigenvalue weighted by atomic mass is 10.1. The van der Waals surface area contributed by atoms with E-state index in [1.165, 1.54) is 16.7 Å². The van der Waals surface area contributed by atoms with Crippen molar-refractivity contribution in [2.24, 2.45) is 7.05 Å². The van der Waals surface area contributed by atoms with Crippen LogP contribution in [0.1, 0.15) is 16.7 Å². The van der Waals surface area contributed by atoms with Crippen molar-refractivity contribution in [3.8, 4) is 0 Å². The monoisotopic (exact) mass is 216 g/mol. The van der Waals surface area contributed by atoms with Crippen molar-refractivity contribution < 1.29 is 0 Å². The summed E-state index contributed by atoms with van der Waals surface area (Å²) in [5, 5.41) is 0. The van der Waals surface area contributed by atoms with Gasteiger partial charge in [-0.1, -0.05) is 23.8 Å². The molecule has 3 heteroatoms. The molecule has 0 aliphatic carbocycles. The molecule has 84 valence electrons. The molecule has 0 radical (unpaired) electrons. The average Bonchev–Trinajstić information content (AvgIpc) is 2.55. The Morgan fingerprint density at radius 1 is 1.19 bits per heavy atom. The number of nitrogens with zero attached hydrogens (tertiary/aromatic N) is 2. The maximum absolute atomic E-state index is 11.7. The number of benzene rings is 1. The van der Waals surface area contributed by atoms with Gasteiger partial charge in [-0.15, -0.1) is 0 Å². The fraction of sp³-hybridized carbons (Fsp3) is 0.308. The molecule has 0 fully saturated rings. The molecule has 0 atom stereocenters. The van der Waals surface area contributed by atoms with Gasteiger partial charge in [-0.3, -0.25) is 4.57 Å². The molecule has 0 bridgehead atoms. The highest BCUT2D eigenvalue weighted by Crippen LogP contribution is 2.11. The first kappa shape index (κ1) is 10.7. The summed E-state index contributed by atoms with van der Waals surface area (Å²) in [6, 6.07) is 6.32. The van der Waals surface area contributed by atoms with E-state index >= 15 is 0 Å². The third-order valence-electron chi connectivity index (χ3n) is 2.86. The number of rotatable bonds is 2. The van der Waals surface area contributed by atoms with Gasteiger partial charge in [0.25, 0.3) is 0 Å². The van der Waals surface area contributed by atoms with Crippen LogP contribution in [0.2, 0.25) is 0 Å². The number of hydrogen-bond acceptors (Lipinski definition) is 1. The van der Waals surface area contributed by atoms with Crippen LogP contribution in [-0.4, -0.2) is 9.13 Å². The molecule has 0 spiro atoms. The Morgan fingerprint density at radius 3 is 2.56 bits per heavy atom. The minimum atomic E-state index is 0.0286. The van der Waals surface area contributed by atoms with Gasteiger partial charge in [0, 0.05) is 19.4 Å². The van der Waals surface area contributed by atoms with Crippen molar-refractivity contribution in [2.75, 3.05) is 0 Å². The molecule has 0 saturated heterocycles. The quantitative estimate of drug-likeness (QED) is 0.752. The zero-order chi connectivity index (χ0) is 11.7. The lowest BCUT2D eigenvalue weighted by Gasteiger charge is -2.07. The summed E-state index contributed by atoms with van der Waals surface area (Å²) in [7, 11) is 1.77. The van der Waals surface area contributed by atoms with Crippen molar-refractivity contribution in [3.05, 3.63) is 57.8 Å². The predicted molar refractivity (Wildman–Crippen MR) is 64.7 cm³/mol. The molecule has 1 aromatic heterocycles. The first-order valence-electron chi connectivity index (χ1n) is 5.36. The van der Waals surface area contributed by atoms with Crippen LogP contribution in [0, 0.1) is 13.8 Å². The van der Waals surface area contributed by atoms with E-state index in [-0.39, 0.29) is 5.69 Å². The van der Waals surface area contributed by atoms with Gasteiger partial charge in [-0.2, -0.15) is 0 Å².